The number of hydrogen-bond donors (Lipinski definition) is 1. The third kappa shape index (κ3) is 3.94. The molecular weight excluding hydrogens is 470 g/mol. The fourth-order valence-electron chi connectivity index (χ4n) is 5.33. The van der Waals surface area contributed by atoms with Gasteiger partial charge in [0.25, 0.3) is 5.91 Å². The molecule has 0 saturated carbocycles. The number of nitrogens with zero attached hydrogens (tertiary/aromatic N) is 2. The molecule has 1 aromatic heterocycles. The first kappa shape index (κ1) is 24.2. The minimum atomic E-state index is -0.663. The number of aryl methyl sites for hydroxylation is 1. The van der Waals surface area contributed by atoms with Crippen LogP contribution in [0.3, 0.4) is 0 Å². The van der Waals surface area contributed by atoms with Crippen molar-refractivity contribution in [2.45, 2.75) is 12.0 Å². The van der Waals surface area contributed by atoms with Gasteiger partial charge >= 0.3 is 0 Å². The van der Waals surface area contributed by atoms with E-state index in [1.807, 2.05) is 60.3 Å². The minimum Gasteiger partial charge on any atom is -0.493 e. The van der Waals surface area contributed by atoms with Crippen LogP contribution >= 0.6 is 0 Å². The van der Waals surface area contributed by atoms with E-state index >= 15 is 0 Å². The Morgan fingerprint density at radius 3 is 2.19 bits per heavy atom. The zero-order chi connectivity index (χ0) is 26.3. The Hall–Kier alpha value is -4.46. The quantitative estimate of drug-likeness (QED) is 0.414. The lowest BCUT2D eigenvalue weighted by Gasteiger charge is -2.39. The summed E-state index contributed by atoms with van der Waals surface area (Å²) in [6.45, 7) is 0. The van der Waals surface area contributed by atoms with E-state index in [9.17, 15) is 9.59 Å². The summed E-state index contributed by atoms with van der Waals surface area (Å²) in [7, 11) is 8.30. The van der Waals surface area contributed by atoms with E-state index in [0.717, 1.165) is 16.5 Å². The lowest BCUT2D eigenvalue weighted by molar-refractivity contribution is -0.119. The Balaban J connectivity index is 1.64. The smallest absolute Gasteiger partial charge is 0.254 e. The molecule has 5 rings (SSSR count). The molecule has 8 heteroatoms. The van der Waals surface area contributed by atoms with Gasteiger partial charge in [0.1, 0.15) is 0 Å². The summed E-state index contributed by atoms with van der Waals surface area (Å²) in [5.74, 6) is 0.260. The average molecular weight is 500 g/mol. The highest BCUT2D eigenvalue weighted by Crippen LogP contribution is 2.46. The number of rotatable bonds is 6. The lowest BCUT2D eigenvalue weighted by atomic mass is 9.79. The molecule has 0 unspecified atom stereocenters. The topological polar surface area (TPSA) is 82.0 Å². The van der Waals surface area contributed by atoms with Crippen LogP contribution in [-0.4, -0.2) is 49.7 Å². The summed E-state index contributed by atoms with van der Waals surface area (Å²) in [5, 5.41) is 4.04. The van der Waals surface area contributed by atoms with Crippen LogP contribution in [0.4, 0.5) is 5.69 Å². The van der Waals surface area contributed by atoms with Gasteiger partial charge in [0, 0.05) is 60.1 Å². The predicted molar refractivity (Wildman–Crippen MR) is 142 cm³/mol. The van der Waals surface area contributed by atoms with Gasteiger partial charge in [-0.05, 0) is 17.7 Å². The molecule has 2 heterocycles. The molecule has 2 amide bonds. The zero-order valence-electron chi connectivity index (χ0n) is 21.4. The summed E-state index contributed by atoms with van der Waals surface area (Å²) in [6.07, 6.45) is 2.01. The van der Waals surface area contributed by atoms with Gasteiger partial charge in [0.05, 0.1) is 33.3 Å². The van der Waals surface area contributed by atoms with Crippen LogP contribution in [0, 0.1) is 0 Å². The minimum absolute atomic E-state index is 0.120. The van der Waals surface area contributed by atoms with Crippen LogP contribution in [0.15, 0.2) is 66.9 Å². The molecule has 190 valence electrons. The van der Waals surface area contributed by atoms with Crippen molar-refractivity contribution in [1.29, 1.82) is 0 Å². The highest BCUT2D eigenvalue weighted by atomic mass is 16.5. The van der Waals surface area contributed by atoms with Crippen LogP contribution in [0.2, 0.25) is 0 Å². The summed E-state index contributed by atoms with van der Waals surface area (Å²) < 4.78 is 18.4. The number of carbonyl (C=O) groups is 2. The van der Waals surface area contributed by atoms with Gasteiger partial charge in [-0.1, -0.05) is 36.4 Å². The molecule has 2 atom stereocenters. The number of aromatic nitrogens is 1. The first-order valence-electron chi connectivity index (χ1n) is 11.9. The Morgan fingerprint density at radius 1 is 0.865 bits per heavy atom. The molecule has 1 aliphatic heterocycles. The molecular formula is C29H29N3O5. The summed E-state index contributed by atoms with van der Waals surface area (Å²) >= 11 is 0. The maximum Gasteiger partial charge on any atom is 0.254 e. The van der Waals surface area contributed by atoms with Gasteiger partial charge in [0.2, 0.25) is 11.7 Å². The molecule has 0 aliphatic carbocycles. The van der Waals surface area contributed by atoms with Crippen molar-refractivity contribution in [2.24, 2.45) is 7.05 Å². The zero-order valence-corrected chi connectivity index (χ0v) is 21.4. The summed E-state index contributed by atoms with van der Waals surface area (Å²) in [6, 6.07) is 18.2. The Labute approximate surface area is 215 Å². The van der Waals surface area contributed by atoms with Crippen LogP contribution < -0.4 is 19.5 Å². The van der Waals surface area contributed by atoms with Gasteiger partial charge in [-0.2, -0.15) is 0 Å². The first-order chi connectivity index (χ1) is 17.9. The van der Waals surface area contributed by atoms with E-state index in [-0.39, 0.29) is 11.8 Å². The van der Waals surface area contributed by atoms with Crippen molar-refractivity contribution in [3.05, 3.63) is 83.6 Å². The van der Waals surface area contributed by atoms with Crippen LogP contribution in [-0.2, 0) is 11.8 Å². The fourth-order valence-corrected chi connectivity index (χ4v) is 5.33. The molecule has 1 N–H and O–H groups in total. The number of likely N-dealkylation sites (N-methyl/N-ethyl adjacent to an activating group) is 1. The monoisotopic (exact) mass is 499 g/mol. The van der Waals surface area contributed by atoms with Crippen molar-refractivity contribution in [3.8, 4) is 17.2 Å². The summed E-state index contributed by atoms with van der Waals surface area (Å²) in [5.41, 5.74) is 3.64. The van der Waals surface area contributed by atoms with Crippen molar-refractivity contribution in [1.82, 2.24) is 9.47 Å². The number of carbonyl (C=O) groups excluding carboxylic acids is 2. The Kier molecular flexibility index (Phi) is 6.25. The molecule has 1 aliphatic rings. The second kappa shape index (κ2) is 9.54. The van der Waals surface area contributed by atoms with E-state index in [1.54, 1.807) is 30.1 Å². The molecule has 0 saturated heterocycles. The Morgan fingerprint density at radius 2 is 1.51 bits per heavy atom. The average Bonchev–Trinajstić information content (AvgIpc) is 3.25. The van der Waals surface area contributed by atoms with Gasteiger partial charge in [0.15, 0.2) is 11.5 Å². The van der Waals surface area contributed by atoms with E-state index in [2.05, 4.69) is 5.32 Å². The van der Waals surface area contributed by atoms with Crippen LogP contribution in [0.1, 0.15) is 33.4 Å². The molecule has 3 aromatic carbocycles. The van der Waals surface area contributed by atoms with Crippen molar-refractivity contribution < 1.29 is 23.8 Å². The number of anilines is 1. The first-order valence-corrected chi connectivity index (χ1v) is 11.9. The summed E-state index contributed by atoms with van der Waals surface area (Å²) in [4.78, 5) is 29.2. The van der Waals surface area contributed by atoms with Gasteiger partial charge in [-0.25, -0.2) is 0 Å². The second-order valence-corrected chi connectivity index (χ2v) is 9.04. The molecule has 37 heavy (non-hydrogen) atoms. The molecule has 0 radical (unpaired) electrons. The van der Waals surface area contributed by atoms with Crippen LogP contribution in [0.5, 0.6) is 17.2 Å². The number of para-hydroxylation sites is 1. The van der Waals surface area contributed by atoms with Gasteiger partial charge in [-0.3, -0.25) is 9.59 Å². The molecule has 0 fully saturated rings. The standard InChI is InChI=1S/C29H29N3O5/c1-31-16-21(18-10-8-9-13-22(18)31)26-25(19-11-6-7-12-20(19)29(34)32(26)2)28(33)30-17-14-23(35-3)27(37-5)24(15-17)36-4/h6-16,25-26H,1-5H3,(H,30,33)/t25-,26-/m0/s1. The van der Waals surface area contributed by atoms with Crippen molar-refractivity contribution in [3.63, 3.8) is 0 Å². The number of nitrogens with one attached hydrogen (secondary N) is 1. The number of amides is 2. The highest BCUT2D eigenvalue weighted by Gasteiger charge is 2.43. The SMILES string of the molecule is COc1cc(NC(=O)[C@H]2c3ccccc3C(=O)N(C)[C@H]2c2cn(C)c3ccccc23)cc(OC)c1OC. The van der Waals surface area contributed by atoms with E-state index in [4.69, 9.17) is 14.2 Å². The maximum atomic E-state index is 14.1. The van der Waals surface area contributed by atoms with E-state index in [0.29, 0.717) is 34.1 Å². The number of ether oxygens (including phenoxy) is 3. The van der Waals surface area contributed by atoms with Gasteiger partial charge in [-0.15, -0.1) is 0 Å². The van der Waals surface area contributed by atoms with Crippen molar-refractivity contribution >= 4 is 28.4 Å². The largest absolute Gasteiger partial charge is 0.493 e. The maximum absolute atomic E-state index is 14.1. The lowest BCUT2D eigenvalue weighted by Crippen LogP contribution is -2.44. The Bertz CT molecular complexity index is 1480. The third-order valence-corrected chi connectivity index (χ3v) is 7.04. The van der Waals surface area contributed by atoms with E-state index < -0.39 is 12.0 Å². The van der Waals surface area contributed by atoms with Crippen molar-refractivity contribution in [2.75, 3.05) is 33.7 Å². The van der Waals surface area contributed by atoms with Crippen LogP contribution in [0.25, 0.3) is 10.9 Å². The normalized spacial score (nSPS) is 16.9. The highest BCUT2D eigenvalue weighted by molar-refractivity contribution is 6.05. The van der Waals surface area contributed by atoms with E-state index in [1.165, 1.54) is 21.3 Å². The third-order valence-electron chi connectivity index (χ3n) is 7.04. The van der Waals surface area contributed by atoms with Gasteiger partial charge < -0.3 is 29.0 Å². The number of methoxy groups -OCH3 is 3. The molecule has 8 nitrogen and oxygen atoms in total. The molecule has 0 bridgehead atoms. The number of hydrogen-bond acceptors (Lipinski definition) is 5. The molecule has 0 spiro atoms. The second-order valence-electron chi connectivity index (χ2n) is 9.04. The number of benzene rings is 3. The predicted octanol–water partition coefficient (Wildman–Crippen LogP) is 4.75. The number of fused-ring (bicyclic) bond motifs is 2. The fraction of sp³-hybridized carbons (Fsp3) is 0.241. The molecule has 4 aromatic rings.